The van der Waals surface area contributed by atoms with Gasteiger partial charge in [0.25, 0.3) is 0 Å². The van der Waals surface area contributed by atoms with Crippen LogP contribution in [0.2, 0.25) is 0 Å². The number of hydrogen-bond donors (Lipinski definition) is 1. The van der Waals surface area contributed by atoms with Crippen LogP contribution in [-0.4, -0.2) is 4.98 Å². The van der Waals surface area contributed by atoms with Crippen LogP contribution in [0.1, 0.15) is 23.5 Å². The van der Waals surface area contributed by atoms with E-state index in [4.69, 9.17) is 5.73 Å². The number of aromatic nitrogens is 1. The van der Waals surface area contributed by atoms with E-state index in [-0.39, 0.29) is 6.04 Å². The van der Waals surface area contributed by atoms with Crippen LogP contribution in [0.4, 0.5) is 0 Å². The third-order valence-electron chi connectivity index (χ3n) is 2.39. The molecule has 1 heterocycles. The lowest BCUT2D eigenvalue weighted by molar-refractivity contribution is 0.808. The lowest BCUT2D eigenvalue weighted by Crippen LogP contribution is -2.03. The maximum Gasteiger partial charge on any atom is 0.110 e. The topological polar surface area (TPSA) is 38.9 Å². The molecule has 84 valence electrons. The van der Waals surface area contributed by atoms with Crippen molar-refractivity contribution < 1.29 is 0 Å². The van der Waals surface area contributed by atoms with Crippen LogP contribution in [0.15, 0.2) is 28.1 Å². The lowest BCUT2D eigenvalue weighted by atomic mass is 10.1. The highest BCUT2D eigenvalue weighted by Crippen LogP contribution is 2.29. The van der Waals surface area contributed by atoms with E-state index in [1.54, 1.807) is 11.3 Å². The molecule has 1 aromatic carbocycles. The molecule has 2 rings (SSSR count). The Hall–Kier alpha value is -0.710. The molecule has 0 amide bonds. The minimum Gasteiger partial charge on any atom is -0.322 e. The van der Waals surface area contributed by atoms with Gasteiger partial charge in [0.15, 0.2) is 0 Å². The molecule has 0 aliphatic heterocycles. The maximum absolute atomic E-state index is 5.81. The molecule has 2 N–H and O–H groups in total. The van der Waals surface area contributed by atoms with Gasteiger partial charge in [0.1, 0.15) is 5.01 Å². The molecule has 0 saturated heterocycles. The number of rotatable bonds is 2. The van der Waals surface area contributed by atoms with Crippen LogP contribution in [0, 0.1) is 6.92 Å². The number of aryl methyl sites for hydroxylation is 1. The van der Waals surface area contributed by atoms with Crippen LogP contribution in [0.5, 0.6) is 0 Å². The zero-order valence-electron chi connectivity index (χ0n) is 9.20. The Morgan fingerprint density at radius 3 is 2.81 bits per heavy atom. The molecule has 1 unspecified atom stereocenters. The van der Waals surface area contributed by atoms with Crippen LogP contribution < -0.4 is 5.73 Å². The van der Waals surface area contributed by atoms with Gasteiger partial charge in [-0.15, -0.1) is 11.3 Å². The van der Waals surface area contributed by atoms with Crippen molar-refractivity contribution in [2.45, 2.75) is 19.9 Å². The number of nitrogens with zero attached hydrogens (tertiary/aromatic N) is 1. The second-order valence-electron chi connectivity index (χ2n) is 3.82. The summed E-state index contributed by atoms with van der Waals surface area (Å²) < 4.78 is 1.07. The average Bonchev–Trinajstić information content (AvgIpc) is 2.70. The van der Waals surface area contributed by atoms with Crippen molar-refractivity contribution in [1.82, 2.24) is 4.98 Å². The minimum atomic E-state index is 0.00575. The SMILES string of the molecule is Cc1ccc(Br)cc1-c1csc(C(C)N)n1. The molecule has 0 saturated carbocycles. The molecule has 1 atom stereocenters. The number of halogens is 1. The minimum absolute atomic E-state index is 0.00575. The Labute approximate surface area is 108 Å². The molecular formula is C12H13BrN2S. The fourth-order valence-electron chi connectivity index (χ4n) is 1.49. The van der Waals surface area contributed by atoms with Crippen molar-refractivity contribution in [2.24, 2.45) is 5.73 Å². The van der Waals surface area contributed by atoms with Crippen molar-refractivity contribution in [2.75, 3.05) is 0 Å². The zero-order chi connectivity index (χ0) is 11.7. The molecule has 16 heavy (non-hydrogen) atoms. The zero-order valence-corrected chi connectivity index (χ0v) is 11.6. The summed E-state index contributed by atoms with van der Waals surface area (Å²) in [5.41, 5.74) is 9.21. The Morgan fingerprint density at radius 1 is 1.44 bits per heavy atom. The first-order chi connectivity index (χ1) is 7.58. The predicted molar refractivity (Wildman–Crippen MR) is 72.6 cm³/mol. The van der Waals surface area contributed by atoms with Gasteiger partial charge in [0.05, 0.1) is 11.7 Å². The molecular weight excluding hydrogens is 284 g/mol. The van der Waals surface area contributed by atoms with Crippen LogP contribution in [0.3, 0.4) is 0 Å². The number of benzene rings is 1. The summed E-state index contributed by atoms with van der Waals surface area (Å²) in [7, 11) is 0. The van der Waals surface area contributed by atoms with Gasteiger partial charge < -0.3 is 5.73 Å². The highest BCUT2D eigenvalue weighted by Gasteiger charge is 2.09. The molecule has 0 fully saturated rings. The van der Waals surface area contributed by atoms with Gasteiger partial charge in [-0.2, -0.15) is 0 Å². The van der Waals surface area contributed by atoms with E-state index >= 15 is 0 Å². The van der Waals surface area contributed by atoms with Crippen LogP contribution in [0.25, 0.3) is 11.3 Å². The third kappa shape index (κ3) is 2.34. The molecule has 1 aromatic heterocycles. The number of nitrogens with two attached hydrogens (primary N) is 1. The molecule has 0 aliphatic rings. The van der Waals surface area contributed by atoms with E-state index < -0.39 is 0 Å². The van der Waals surface area contributed by atoms with E-state index in [9.17, 15) is 0 Å². The van der Waals surface area contributed by atoms with Gasteiger partial charge in [-0.25, -0.2) is 4.98 Å². The normalized spacial score (nSPS) is 12.8. The fraction of sp³-hybridized carbons (Fsp3) is 0.250. The van der Waals surface area contributed by atoms with E-state index in [1.807, 2.05) is 13.0 Å². The first-order valence-corrected chi connectivity index (χ1v) is 6.72. The highest BCUT2D eigenvalue weighted by molar-refractivity contribution is 9.10. The van der Waals surface area contributed by atoms with Gasteiger partial charge in [0, 0.05) is 15.4 Å². The smallest absolute Gasteiger partial charge is 0.110 e. The van der Waals surface area contributed by atoms with Crippen molar-refractivity contribution in [3.63, 3.8) is 0 Å². The molecule has 4 heteroatoms. The van der Waals surface area contributed by atoms with E-state index in [2.05, 4.69) is 45.4 Å². The quantitative estimate of drug-likeness (QED) is 0.913. The molecule has 0 spiro atoms. The Kier molecular flexibility index (Phi) is 3.42. The predicted octanol–water partition coefficient (Wildman–Crippen LogP) is 3.90. The van der Waals surface area contributed by atoms with Crippen LogP contribution >= 0.6 is 27.3 Å². The summed E-state index contributed by atoms with van der Waals surface area (Å²) in [5, 5.41) is 3.04. The summed E-state index contributed by atoms with van der Waals surface area (Å²) in [5.74, 6) is 0. The Bertz CT molecular complexity index is 505. The summed E-state index contributed by atoms with van der Waals surface area (Å²) in [6.45, 7) is 4.04. The Balaban J connectivity index is 2.46. The maximum atomic E-state index is 5.81. The molecule has 2 nitrogen and oxygen atoms in total. The van der Waals surface area contributed by atoms with Gasteiger partial charge >= 0.3 is 0 Å². The monoisotopic (exact) mass is 296 g/mol. The highest BCUT2D eigenvalue weighted by atomic mass is 79.9. The second-order valence-corrected chi connectivity index (χ2v) is 5.62. The fourth-order valence-corrected chi connectivity index (χ4v) is 2.63. The van der Waals surface area contributed by atoms with Gasteiger partial charge in [-0.1, -0.05) is 22.0 Å². The van der Waals surface area contributed by atoms with Crippen LogP contribution in [-0.2, 0) is 0 Å². The summed E-state index contributed by atoms with van der Waals surface area (Å²) in [6, 6.07) is 6.23. The molecule has 0 aliphatic carbocycles. The van der Waals surface area contributed by atoms with Crippen molar-refractivity contribution in [1.29, 1.82) is 0 Å². The van der Waals surface area contributed by atoms with Gasteiger partial charge in [0.2, 0.25) is 0 Å². The first kappa shape index (κ1) is 11.8. The van der Waals surface area contributed by atoms with E-state index in [1.165, 1.54) is 5.56 Å². The average molecular weight is 297 g/mol. The number of thiazole rings is 1. The standard InChI is InChI=1S/C12H13BrN2S/c1-7-3-4-9(13)5-10(7)11-6-16-12(15-11)8(2)14/h3-6,8H,14H2,1-2H3. The van der Waals surface area contributed by atoms with Crippen molar-refractivity contribution in [3.05, 3.63) is 38.6 Å². The van der Waals surface area contributed by atoms with E-state index in [0.717, 1.165) is 20.7 Å². The molecule has 0 radical (unpaired) electrons. The molecule has 2 aromatic rings. The Morgan fingerprint density at radius 2 is 2.19 bits per heavy atom. The summed E-state index contributed by atoms with van der Waals surface area (Å²) in [6.07, 6.45) is 0. The van der Waals surface area contributed by atoms with Gasteiger partial charge in [-0.3, -0.25) is 0 Å². The van der Waals surface area contributed by atoms with Crippen molar-refractivity contribution in [3.8, 4) is 11.3 Å². The number of hydrogen-bond acceptors (Lipinski definition) is 3. The third-order valence-corrected chi connectivity index (χ3v) is 3.93. The van der Waals surface area contributed by atoms with Gasteiger partial charge in [-0.05, 0) is 31.5 Å². The van der Waals surface area contributed by atoms with E-state index in [0.29, 0.717) is 0 Å². The second kappa shape index (κ2) is 4.65. The first-order valence-electron chi connectivity index (χ1n) is 5.05. The summed E-state index contributed by atoms with van der Waals surface area (Å²) in [4.78, 5) is 4.55. The largest absolute Gasteiger partial charge is 0.322 e. The van der Waals surface area contributed by atoms with Crippen molar-refractivity contribution >= 4 is 27.3 Å². The molecule has 0 bridgehead atoms. The summed E-state index contributed by atoms with van der Waals surface area (Å²) >= 11 is 5.10. The lowest BCUT2D eigenvalue weighted by Gasteiger charge is -2.03.